The van der Waals surface area contributed by atoms with Crippen LogP contribution in [0, 0.1) is 6.92 Å². The molecule has 0 atom stereocenters. The van der Waals surface area contributed by atoms with E-state index in [1.54, 1.807) is 0 Å². The van der Waals surface area contributed by atoms with Crippen molar-refractivity contribution in [2.45, 2.75) is 33.1 Å². The lowest BCUT2D eigenvalue weighted by atomic mass is 9.33. The van der Waals surface area contributed by atoms with Crippen molar-refractivity contribution < 1.29 is 18.3 Å². The molecule has 0 bridgehead atoms. The quantitative estimate of drug-likeness (QED) is 0.164. The Bertz CT molecular complexity index is 3880. The number of benzene rings is 9. The Labute approximate surface area is 388 Å². The van der Waals surface area contributed by atoms with E-state index in [0.29, 0.717) is 0 Å². The van der Waals surface area contributed by atoms with E-state index in [-0.39, 0.29) is 18.9 Å². The summed E-state index contributed by atoms with van der Waals surface area (Å²) in [4.78, 5) is 4.92. The van der Waals surface area contributed by atoms with Gasteiger partial charge in [-0.05, 0) is 147 Å². The second-order valence-corrected chi connectivity index (χ2v) is 19.3. The molecule has 0 saturated carbocycles. The molecule has 14 rings (SSSR count). The van der Waals surface area contributed by atoms with Crippen molar-refractivity contribution in [3.05, 3.63) is 187 Å². The van der Waals surface area contributed by atoms with Crippen LogP contribution < -0.4 is 35.7 Å². The molecule has 0 radical (unpaired) electrons. The molecule has 0 aliphatic carbocycles. The molecule has 3 aliphatic heterocycles. The highest BCUT2D eigenvalue weighted by molar-refractivity contribution is 7.00. The Hall–Kier alpha value is -8.16. The minimum atomic E-state index is -0.0704. The summed E-state index contributed by atoms with van der Waals surface area (Å²) < 4.78 is 24.6. The van der Waals surface area contributed by atoms with Crippen LogP contribution in [0.1, 0.15) is 31.9 Å². The number of hydrogen-bond donors (Lipinski definition) is 0. The molecule has 0 fully saturated rings. The zero-order valence-electron chi connectivity index (χ0n) is 37.6. The Morgan fingerprint density at radius 3 is 1.63 bits per heavy atom. The van der Waals surface area contributed by atoms with E-state index in [1.807, 2.05) is 30.3 Å². The molecule has 11 aromatic rings. The molecule has 3 aliphatic rings. The SMILES string of the molecule is Cc1cc2c3c(c1)N(c1ccc4c(c1)OCO4)c1ccc(C(C)(C)C)cc1B3c1cc(-c3ccc4c(c3)oc3ccccc34)ccc1N2c1ccc(-c2ccc3c(c2)oc2ccccc23)cc1. The maximum atomic E-state index is 6.44. The first-order chi connectivity index (χ1) is 32.7. The summed E-state index contributed by atoms with van der Waals surface area (Å²) in [5.41, 5.74) is 21.0. The minimum absolute atomic E-state index is 0.0656. The monoisotopic (exact) mass is 866 g/mol. The number of aryl methyl sites for hydroxylation is 1. The third kappa shape index (κ3) is 5.77. The molecule has 5 heterocycles. The Morgan fingerprint density at radius 2 is 0.955 bits per heavy atom. The van der Waals surface area contributed by atoms with Crippen molar-refractivity contribution in [2.75, 3.05) is 16.6 Å². The van der Waals surface area contributed by atoms with Gasteiger partial charge in [-0.25, -0.2) is 0 Å². The van der Waals surface area contributed by atoms with Gasteiger partial charge >= 0.3 is 0 Å². The number of nitrogens with zero attached hydrogens (tertiary/aromatic N) is 2. The average molecular weight is 867 g/mol. The molecule has 6 nitrogen and oxygen atoms in total. The van der Waals surface area contributed by atoms with Crippen LogP contribution in [0.5, 0.6) is 11.5 Å². The molecule has 67 heavy (non-hydrogen) atoms. The van der Waals surface area contributed by atoms with Crippen LogP contribution in [-0.2, 0) is 5.41 Å². The number of rotatable bonds is 4. The summed E-state index contributed by atoms with van der Waals surface area (Å²) in [5, 5.41) is 4.52. The smallest absolute Gasteiger partial charge is 0.252 e. The maximum absolute atomic E-state index is 6.44. The summed E-state index contributed by atoms with van der Waals surface area (Å²) in [7, 11) is 0. The van der Waals surface area contributed by atoms with Crippen LogP contribution in [0.4, 0.5) is 34.1 Å². The van der Waals surface area contributed by atoms with Crippen LogP contribution in [-0.4, -0.2) is 13.5 Å². The van der Waals surface area contributed by atoms with Crippen LogP contribution >= 0.6 is 0 Å². The van der Waals surface area contributed by atoms with E-state index in [0.717, 1.165) is 112 Å². The van der Waals surface area contributed by atoms with Crippen molar-refractivity contribution in [3.63, 3.8) is 0 Å². The Morgan fingerprint density at radius 1 is 0.433 bits per heavy atom. The van der Waals surface area contributed by atoms with Crippen LogP contribution in [0.15, 0.2) is 185 Å². The molecule has 0 amide bonds. The zero-order chi connectivity index (χ0) is 44.7. The van der Waals surface area contributed by atoms with Crippen molar-refractivity contribution in [1.82, 2.24) is 0 Å². The van der Waals surface area contributed by atoms with Crippen LogP contribution in [0.2, 0.25) is 0 Å². The van der Waals surface area contributed by atoms with Gasteiger partial charge < -0.3 is 28.1 Å². The fraction of sp³-hybridized carbons (Fsp3) is 0.100. The van der Waals surface area contributed by atoms with Gasteiger partial charge in [-0.2, -0.15) is 0 Å². The average Bonchev–Trinajstić information content (AvgIpc) is 4.08. The predicted octanol–water partition coefficient (Wildman–Crippen LogP) is 14.2. The van der Waals surface area contributed by atoms with Crippen molar-refractivity contribution in [2.24, 2.45) is 0 Å². The van der Waals surface area contributed by atoms with Gasteiger partial charge in [0.2, 0.25) is 6.79 Å². The van der Waals surface area contributed by atoms with E-state index >= 15 is 0 Å². The molecular weight excluding hydrogens is 823 g/mol. The lowest BCUT2D eigenvalue weighted by molar-refractivity contribution is 0.174. The number of hydrogen-bond acceptors (Lipinski definition) is 6. The summed E-state index contributed by atoms with van der Waals surface area (Å²) in [6.45, 7) is 9.27. The first kappa shape index (κ1) is 38.1. The van der Waals surface area contributed by atoms with Crippen molar-refractivity contribution in [3.8, 4) is 33.8 Å². The third-order valence-corrected chi connectivity index (χ3v) is 14.2. The van der Waals surface area contributed by atoms with Gasteiger partial charge in [0, 0.05) is 56.0 Å². The number of anilines is 6. The van der Waals surface area contributed by atoms with E-state index < -0.39 is 0 Å². The van der Waals surface area contributed by atoms with Gasteiger partial charge in [0.25, 0.3) is 6.71 Å². The number of ether oxygens (including phenoxy) is 2. The highest BCUT2D eigenvalue weighted by Crippen LogP contribution is 2.48. The third-order valence-electron chi connectivity index (χ3n) is 14.2. The zero-order valence-corrected chi connectivity index (χ0v) is 37.6. The van der Waals surface area contributed by atoms with E-state index in [1.165, 1.54) is 27.5 Å². The first-order valence-electron chi connectivity index (χ1n) is 23.1. The minimum Gasteiger partial charge on any atom is -0.456 e. The summed E-state index contributed by atoms with van der Waals surface area (Å²) in [6, 6.07) is 64.0. The van der Waals surface area contributed by atoms with Crippen LogP contribution in [0.25, 0.3) is 66.1 Å². The molecule has 0 spiro atoms. The van der Waals surface area contributed by atoms with Gasteiger partial charge in [-0.3, -0.25) is 0 Å². The maximum Gasteiger partial charge on any atom is 0.252 e. The van der Waals surface area contributed by atoms with Gasteiger partial charge in [0.1, 0.15) is 22.3 Å². The molecule has 2 aromatic heterocycles. The molecule has 7 heteroatoms. The Balaban J connectivity index is 0.986. The molecule has 320 valence electrons. The second kappa shape index (κ2) is 13.9. The van der Waals surface area contributed by atoms with Crippen molar-refractivity contribution >= 4 is 101 Å². The normalized spacial score (nSPS) is 13.8. The molecule has 0 unspecified atom stereocenters. The van der Waals surface area contributed by atoms with E-state index in [2.05, 4.69) is 183 Å². The summed E-state index contributed by atoms with van der Waals surface area (Å²) in [6.07, 6.45) is 0. The molecule has 0 N–H and O–H groups in total. The number of fused-ring (bicyclic) bond motifs is 11. The lowest BCUT2D eigenvalue weighted by Crippen LogP contribution is -2.61. The molecule has 9 aromatic carbocycles. The Kier molecular flexibility index (Phi) is 7.93. The first-order valence-corrected chi connectivity index (χ1v) is 23.1. The van der Waals surface area contributed by atoms with Gasteiger partial charge in [0.05, 0.1) is 5.69 Å². The standard InChI is InChI=1S/C60H43BN2O4/c1-35-27-51-59-52(28-35)63(42-21-26-55-58(33-42)65-34-64-55)50-25-18-40(60(2,3)4)32-48(50)61(59)47-29-37(39-16-23-46-44-10-6-8-12-54(44)67-57(46)31-39)17-24-49(47)62(51)41-19-13-36(14-20-41)38-15-22-45-43-9-5-7-11-53(43)66-56(45)30-38/h5-33H,34H2,1-4H3. The van der Waals surface area contributed by atoms with Gasteiger partial charge in [0.15, 0.2) is 11.5 Å². The summed E-state index contributed by atoms with van der Waals surface area (Å²) >= 11 is 0. The molecular formula is C60H43BN2O4. The molecule has 0 saturated heterocycles. The topological polar surface area (TPSA) is 51.2 Å². The van der Waals surface area contributed by atoms with Crippen molar-refractivity contribution in [1.29, 1.82) is 0 Å². The number of para-hydroxylation sites is 2. The second-order valence-electron chi connectivity index (χ2n) is 19.3. The van der Waals surface area contributed by atoms with Gasteiger partial charge in [-0.1, -0.05) is 106 Å². The van der Waals surface area contributed by atoms with E-state index in [9.17, 15) is 0 Å². The number of furan rings is 2. The fourth-order valence-electron chi connectivity index (χ4n) is 11.0. The lowest BCUT2D eigenvalue weighted by Gasteiger charge is -2.45. The predicted molar refractivity (Wildman–Crippen MR) is 275 cm³/mol. The van der Waals surface area contributed by atoms with E-state index in [4.69, 9.17) is 18.3 Å². The highest BCUT2D eigenvalue weighted by Gasteiger charge is 2.44. The largest absolute Gasteiger partial charge is 0.456 e. The van der Waals surface area contributed by atoms with Crippen LogP contribution in [0.3, 0.4) is 0 Å². The highest BCUT2D eigenvalue weighted by atomic mass is 16.7. The fourth-order valence-corrected chi connectivity index (χ4v) is 11.0. The summed E-state index contributed by atoms with van der Waals surface area (Å²) in [5.74, 6) is 1.52. The van der Waals surface area contributed by atoms with Gasteiger partial charge in [-0.15, -0.1) is 0 Å².